The smallest absolute Gasteiger partial charge is 0.303 e. The van der Waals surface area contributed by atoms with Crippen LogP contribution in [0.1, 0.15) is 79.6 Å². The number of esters is 1. The molecule has 0 spiro atoms. The maximum absolute atomic E-state index is 12.6. The lowest BCUT2D eigenvalue weighted by Crippen LogP contribution is -2.57. The zero-order valence-electron chi connectivity index (χ0n) is 18.0. The largest absolute Gasteiger partial charge is 0.459 e. The molecule has 0 N–H and O–H groups in total. The Hall–Kier alpha value is -1.45. The van der Waals surface area contributed by atoms with Gasteiger partial charge in [0, 0.05) is 18.8 Å². The number of hydrogen-bond donors (Lipinski definition) is 0. The van der Waals surface area contributed by atoms with Gasteiger partial charge in [0.25, 0.3) is 0 Å². The summed E-state index contributed by atoms with van der Waals surface area (Å²) in [7, 11) is 0. The van der Waals surface area contributed by atoms with Crippen LogP contribution in [0.4, 0.5) is 0 Å². The quantitative estimate of drug-likeness (QED) is 0.512. The van der Waals surface area contributed by atoms with E-state index >= 15 is 0 Å². The summed E-state index contributed by atoms with van der Waals surface area (Å²) in [6.07, 6.45) is 7.33. The van der Waals surface area contributed by atoms with Gasteiger partial charge < -0.3 is 9.53 Å². The van der Waals surface area contributed by atoms with Gasteiger partial charge in [-0.1, -0.05) is 13.8 Å². The first-order chi connectivity index (χ1) is 13.1. The van der Waals surface area contributed by atoms with E-state index in [0.717, 1.165) is 43.3 Å². The SMILES string of the molecule is CC(=O)O[C@]1(C)CC[C@H]2[C@@H]3C[C@H](C)C4=C(C)C(=O)CC[C@]4(C=O)[C@H]3CC[C@@]21C. The Morgan fingerprint density at radius 1 is 1.14 bits per heavy atom. The van der Waals surface area contributed by atoms with E-state index in [2.05, 4.69) is 20.8 Å². The van der Waals surface area contributed by atoms with Gasteiger partial charge in [-0.2, -0.15) is 0 Å². The van der Waals surface area contributed by atoms with Crippen molar-refractivity contribution in [2.45, 2.75) is 85.2 Å². The monoisotopic (exact) mass is 386 g/mol. The van der Waals surface area contributed by atoms with Crippen LogP contribution in [-0.2, 0) is 19.1 Å². The van der Waals surface area contributed by atoms with E-state index in [-0.39, 0.29) is 23.1 Å². The van der Waals surface area contributed by atoms with E-state index in [1.54, 1.807) is 0 Å². The van der Waals surface area contributed by atoms with Crippen LogP contribution in [0.15, 0.2) is 11.1 Å². The Kier molecular flexibility index (Phi) is 4.45. The second-order valence-corrected chi connectivity index (χ2v) is 10.5. The van der Waals surface area contributed by atoms with Crippen LogP contribution in [0.2, 0.25) is 0 Å². The number of fused-ring (bicyclic) bond motifs is 5. The van der Waals surface area contributed by atoms with Gasteiger partial charge >= 0.3 is 5.97 Å². The van der Waals surface area contributed by atoms with Gasteiger partial charge in [-0.05, 0) is 87.2 Å². The molecule has 0 bridgehead atoms. The maximum Gasteiger partial charge on any atom is 0.303 e. The highest BCUT2D eigenvalue weighted by molar-refractivity contribution is 5.98. The summed E-state index contributed by atoms with van der Waals surface area (Å²) in [6, 6.07) is 0. The summed E-state index contributed by atoms with van der Waals surface area (Å²) in [5, 5.41) is 0. The Balaban J connectivity index is 1.76. The van der Waals surface area contributed by atoms with Crippen LogP contribution in [0.25, 0.3) is 0 Å². The van der Waals surface area contributed by atoms with Gasteiger partial charge in [0.1, 0.15) is 11.9 Å². The van der Waals surface area contributed by atoms with Crippen LogP contribution >= 0.6 is 0 Å². The van der Waals surface area contributed by atoms with E-state index in [1.807, 2.05) is 6.92 Å². The number of rotatable bonds is 2. The molecule has 0 aliphatic heterocycles. The molecule has 4 heteroatoms. The highest BCUT2D eigenvalue weighted by Gasteiger charge is 2.66. The van der Waals surface area contributed by atoms with Crippen LogP contribution < -0.4 is 0 Å². The fraction of sp³-hybridized carbons (Fsp3) is 0.792. The summed E-state index contributed by atoms with van der Waals surface area (Å²) < 4.78 is 5.90. The summed E-state index contributed by atoms with van der Waals surface area (Å²) in [5.41, 5.74) is 1.09. The van der Waals surface area contributed by atoms with Crippen LogP contribution in [0, 0.1) is 34.5 Å². The maximum atomic E-state index is 12.6. The van der Waals surface area contributed by atoms with E-state index in [0.29, 0.717) is 30.6 Å². The minimum atomic E-state index is -0.456. The van der Waals surface area contributed by atoms with Crippen molar-refractivity contribution in [1.29, 1.82) is 0 Å². The molecule has 0 saturated heterocycles. The zero-order valence-corrected chi connectivity index (χ0v) is 18.0. The number of ether oxygens (including phenoxy) is 1. The van der Waals surface area contributed by atoms with Crippen LogP contribution in [0.5, 0.6) is 0 Å². The molecule has 0 amide bonds. The summed E-state index contributed by atoms with van der Waals surface area (Å²) >= 11 is 0. The van der Waals surface area contributed by atoms with Crippen molar-refractivity contribution in [3.05, 3.63) is 11.1 Å². The summed E-state index contributed by atoms with van der Waals surface area (Å²) in [5.74, 6) is 1.53. The third-order valence-corrected chi connectivity index (χ3v) is 9.42. The van der Waals surface area contributed by atoms with Gasteiger partial charge in [0.2, 0.25) is 0 Å². The average Bonchev–Trinajstić information content (AvgIpc) is 2.88. The highest BCUT2D eigenvalue weighted by Crippen LogP contribution is 2.68. The molecule has 0 aromatic heterocycles. The molecule has 4 aliphatic rings. The molecule has 0 aromatic carbocycles. The molecule has 0 aromatic rings. The lowest BCUT2D eigenvalue weighted by molar-refractivity contribution is -0.178. The molecule has 0 unspecified atom stereocenters. The number of allylic oxidation sites excluding steroid dienone is 1. The summed E-state index contributed by atoms with van der Waals surface area (Å²) in [4.78, 5) is 36.8. The van der Waals surface area contributed by atoms with Crippen molar-refractivity contribution in [1.82, 2.24) is 0 Å². The van der Waals surface area contributed by atoms with Crippen molar-refractivity contribution in [3.8, 4) is 0 Å². The second kappa shape index (κ2) is 6.27. The van der Waals surface area contributed by atoms with Crippen molar-refractivity contribution in [3.63, 3.8) is 0 Å². The third kappa shape index (κ3) is 2.39. The van der Waals surface area contributed by atoms with E-state index in [9.17, 15) is 14.4 Å². The standard InChI is InChI=1S/C24H34O4/c1-14-12-17-18-7-10-23(5,28-16(3)26)22(18,4)9-6-19(17)24(13-25)11-8-20(27)15(2)21(14)24/h13-14,17-19H,6-12H2,1-5H3/t14-,17-,18-,19-,22-,23+,24-/m0/s1. The van der Waals surface area contributed by atoms with Gasteiger partial charge in [-0.25, -0.2) is 0 Å². The minimum absolute atomic E-state index is 0.0373. The molecule has 4 aliphatic carbocycles. The Morgan fingerprint density at radius 3 is 2.46 bits per heavy atom. The molecule has 154 valence electrons. The Labute approximate surface area is 168 Å². The minimum Gasteiger partial charge on any atom is -0.459 e. The number of hydrogen-bond acceptors (Lipinski definition) is 4. The van der Waals surface area contributed by atoms with Crippen LogP contribution in [0.3, 0.4) is 0 Å². The highest BCUT2D eigenvalue weighted by atomic mass is 16.6. The lowest BCUT2D eigenvalue weighted by atomic mass is 9.44. The first-order valence-electron chi connectivity index (χ1n) is 11.0. The van der Waals surface area contributed by atoms with Gasteiger partial charge in [-0.3, -0.25) is 9.59 Å². The average molecular weight is 387 g/mol. The molecular weight excluding hydrogens is 352 g/mol. The second-order valence-electron chi connectivity index (χ2n) is 10.5. The van der Waals surface area contributed by atoms with E-state index in [4.69, 9.17) is 4.74 Å². The molecule has 3 saturated carbocycles. The molecule has 28 heavy (non-hydrogen) atoms. The zero-order chi connectivity index (χ0) is 20.5. The number of carbonyl (C=O) groups is 3. The Bertz CT molecular complexity index is 767. The molecule has 7 atom stereocenters. The third-order valence-electron chi connectivity index (χ3n) is 9.42. The van der Waals surface area contributed by atoms with Gasteiger partial charge in [0.05, 0.1) is 5.41 Å². The van der Waals surface area contributed by atoms with Crippen molar-refractivity contribution < 1.29 is 19.1 Å². The molecule has 4 nitrogen and oxygen atoms in total. The summed E-state index contributed by atoms with van der Waals surface area (Å²) in [6.45, 7) is 10.1. The predicted molar refractivity (Wildman–Crippen MR) is 106 cm³/mol. The van der Waals surface area contributed by atoms with Crippen molar-refractivity contribution in [2.24, 2.45) is 34.5 Å². The van der Waals surface area contributed by atoms with Crippen LogP contribution in [-0.4, -0.2) is 23.6 Å². The molecular formula is C24H34O4. The molecule has 0 heterocycles. The molecule has 4 rings (SSSR count). The molecule has 3 fully saturated rings. The first-order valence-corrected chi connectivity index (χ1v) is 11.0. The van der Waals surface area contributed by atoms with Gasteiger partial charge in [-0.15, -0.1) is 0 Å². The predicted octanol–water partition coefficient (Wildman–Crippen LogP) is 4.66. The first kappa shape index (κ1) is 19.8. The fourth-order valence-electron chi connectivity index (χ4n) is 8.06. The lowest BCUT2D eigenvalue weighted by Gasteiger charge is -2.60. The topological polar surface area (TPSA) is 60.4 Å². The van der Waals surface area contributed by atoms with E-state index in [1.165, 1.54) is 13.2 Å². The van der Waals surface area contributed by atoms with E-state index < -0.39 is 11.0 Å². The van der Waals surface area contributed by atoms with Crippen molar-refractivity contribution in [2.75, 3.05) is 0 Å². The molecule has 0 radical (unpaired) electrons. The number of Topliss-reactive ketones (excluding diaryl/α,β-unsaturated/α-hetero) is 1. The Morgan fingerprint density at radius 2 is 1.82 bits per heavy atom. The number of carbonyl (C=O) groups excluding carboxylic acids is 3. The van der Waals surface area contributed by atoms with Crippen molar-refractivity contribution >= 4 is 18.0 Å². The number of aldehydes is 1. The number of ketones is 1. The fourth-order valence-corrected chi connectivity index (χ4v) is 8.06. The van der Waals surface area contributed by atoms with Gasteiger partial charge in [0.15, 0.2) is 5.78 Å². The normalized spacial score (nSPS) is 47.8.